The van der Waals surface area contributed by atoms with Crippen molar-refractivity contribution in [2.45, 2.75) is 20.8 Å². The van der Waals surface area contributed by atoms with Gasteiger partial charge in [-0.1, -0.05) is 31.9 Å². The van der Waals surface area contributed by atoms with Crippen LogP contribution in [0.4, 0.5) is 0 Å². The molecular weight excluding hydrogens is 472 g/mol. The molecule has 0 heterocycles. The number of carbonyl (C=O) groups excluding carboxylic acids is 5. The van der Waals surface area contributed by atoms with Gasteiger partial charge in [-0.2, -0.15) is 0 Å². The van der Waals surface area contributed by atoms with Gasteiger partial charge in [0.1, 0.15) is 31.8 Å². The molecule has 0 bridgehead atoms. The smallest absolute Gasteiger partial charge is 0.339 e. The summed E-state index contributed by atoms with van der Waals surface area (Å²) >= 11 is 0. The Morgan fingerprint density at radius 2 is 0.972 bits per heavy atom. The van der Waals surface area contributed by atoms with Crippen LogP contribution in [0.1, 0.15) is 41.5 Å². The summed E-state index contributed by atoms with van der Waals surface area (Å²) in [5.74, 6) is -3.96. The maximum absolute atomic E-state index is 12.9. The van der Waals surface area contributed by atoms with Crippen molar-refractivity contribution >= 4 is 29.8 Å². The van der Waals surface area contributed by atoms with Crippen LogP contribution in [0.2, 0.25) is 0 Å². The van der Waals surface area contributed by atoms with E-state index in [0.29, 0.717) is 0 Å². The van der Waals surface area contributed by atoms with Crippen molar-refractivity contribution in [2.24, 2.45) is 5.41 Å². The fourth-order valence-corrected chi connectivity index (χ4v) is 2.52. The third-order valence-electron chi connectivity index (χ3n) is 4.64. The van der Waals surface area contributed by atoms with Crippen LogP contribution in [-0.2, 0) is 38.1 Å². The van der Waals surface area contributed by atoms with Gasteiger partial charge in [-0.3, -0.25) is 0 Å². The minimum Gasteiger partial charge on any atom is -0.465 e. The number of esters is 5. The average Bonchev–Trinajstić information content (AvgIpc) is 2.86. The van der Waals surface area contributed by atoms with Gasteiger partial charge in [0.15, 0.2) is 0 Å². The van der Waals surface area contributed by atoms with Crippen molar-refractivity contribution in [2.75, 3.05) is 33.5 Å². The third kappa shape index (κ3) is 8.86. The largest absolute Gasteiger partial charge is 0.465 e. The van der Waals surface area contributed by atoms with Crippen LogP contribution in [0.5, 0.6) is 0 Å². The number of hydrogen-bond donors (Lipinski definition) is 0. The Morgan fingerprint density at radius 3 is 1.31 bits per heavy atom. The summed E-state index contributed by atoms with van der Waals surface area (Å²) in [4.78, 5) is 61.1. The van der Waals surface area contributed by atoms with Gasteiger partial charge in [-0.05, 0) is 32.9 Å². The highest BCUT2D eigenvalue weighted by Gasteiger charge is 2.38. The first-order chi connectivity index (χ1) is 16.8. The Labute approximate surface area is 209 Å². The number of carbonyl (C=O) groups is 5. The summed E-state index contributed by atoms with van der Waals surface area (Å²) < 4.78 is 25.8. The SMILES string of the molecule is C=C(C)C(=O)OCC(COC(=O)C(=C)C)(COC(=O)C(=C)C)COC(=O)c1ccccc1C(=O)OC. The summed E-state index contributed by atoms with van der Waals surface area (Å²) in [5, 5.41) is 0. The molecule has 0 saturated carbocycles. The Morgan fingerprint density at radius 1 is 0.639 bits per heavy atom. The number of rotatable bonds is 13. The molecule has 1 rings (SSSR count). The highest BCUT2D eigenvalue weighted by molar-refractivity contribution is 6.03. The second-order valence-electron chi connectivity index (χ2n) is 8.18. The van der Waals surface area contributed by atoms with E-state index in [1.54, 1.807) is 6.07 Å². The quantitative estimate of drug-likeness (QED) is 0.225. The van der Waals surface area contributed by atoms with Gasteiger partial charge in [0.05, 0.1) is 18.2 Å². The number of ether oxygens (including phenoxy) is 5. The molecule has 0 aromatic heterocycles. The third-order valence-corrected chi connectivity index (χ3v) is 4.64. The number of benzene rings is 1. The molecule has 0 aliphatic heterocycles. The van der Waals surface area contributed by atoms with E-state index in [-0.39, 0.29) is 27.8 Å². The molecule has 0 aliphatic rings. The van der Waals surface area contributed by atoms with E-state index in [2.05, 4.69) is 19.7 Å². The summed E-state index contributed by atoms with van der Waals surface area (Å²) in [6.45, 7) is 12.8. The summed E-state index contributed by atoms with van der Waals surface area (Å²) in [7, 11) is 1.16. The van der Waals surface area contributed by atoms with Crippen LogP contribution in [0.15, 0.2) is 60.7 Å². The fraction of sp³-hybridized carbons (Fsp3) is 0.346. The zero-order valence-electron chi connectivity index (χ0n) is 20.8. The molecule has 0 unspecified atom stereocenters. The molecular formula is C26H30O10. The van der Waals surface area contributed by atoms with Crippen LogP contribution >= 0.6 is 0 Å². The average molecular weight is 503 g/mol. The van der Waals surface area contributed by atoms with E-state index in [4.69, 9.17) is 23.7 Å². The maximum Gasteiger partial charge on any atom is 0.339 e. The molecule has 36 heavy (non-hydrogen) atoms. The highest BCUT2D eigenvalue weighted by Crippen LogP contribution is 2.24. The molecule has 0 amide bonds. The molecule has 0 atom stereocenters. The number of hydrogen-bond acceptors (Lipinski definition) is 10. The van der Waals surface area contributed by atoms with Crippen LogP contribution in [-0.4, -0.2) is 63.4 Å². The van der Waals surface area contributed by atoms with E-state index < -0.39 is 61.7 Å². The maximum atomic E-state index is 12.9. The fourth-order valence-electron chi connectivity index (χ4n) is 2.52. The lowest BCUT2D eigenvalue weighted by Gasteiger charge is -2.31. The normalized spacial score (nSPS) is 10.4. The van der Waals surface area contributed by atoms with E-state index in [9.17, 15) is 24.0 Å². The molecule has 0 spiro atoms. The minimum atomic E-state index is -1.52. The Bertz CT molecular complexity index is 992. The topological polar surface area (TPSA) is 132 Å². The first kappa shape index (κ1) is 29.8. The molecule has 0 N–H and O–H groups in total. The Hall–Kier alpha value is -4.21. The lowest BCUT2D eigenvalue weighted by atomic mass is 9.92. The first-order valence-electron chi connectivity index (χ1n) is 10.7. The van der Waals surface area contributed by atoms with Crippen LogP contribution in [0.3, 0.4) is 0 Å². The first-order valence-corrected chi connectivity index (χ1v) is 10.7. The van der Waals surface area contributed by atoms with Crippen molar-refractivity contribution in [3.05, 3.63) is 71.8 Å². The van der Waals surface area contributed by atoms with E-state index in [0.717, 1.165) is 7.11 Å². The molecule has 1 aromatic carbocycles. The lowest BCUT2D eigenvalue weighted by Crippen LogP contribution is -2.44. The van der Waals surface area contributed by atoms with Gasteiger partial charge in [0, 0.05) is 16.7 Å². The van der Waals surface area contributed by atoms with Crippen molar-refractivity contribution in [3.63, 3.8) is 0 Å². The highest BCUT2D eigenvalue weighted by atomic mass is 16.6. The van der Waals surface area contributed by atoms with Crippen molar-refractivity contribution in [1.29, 1.82) is 0 Å². The van der Waals surface area contributed by atoms with Gasteiger partial charge < -0.3 is 23.7 Å². The summed E-state index contributed by atoms with van der Waals surface area (Å²) in [6, 6.07) is 5.81. The second kappa shape index (κ2) is 13.6. The summed E-state index contributed by atoms with van der Waals surface area (Å²) in [6.07, 6.45) is 0. The van der Waals surface area contributed by atoms with Crippen LogP contribution in [0, 0.1) is 5.41 Å². The Balaban J connectivity index is 3.30. The molecule has 0 saturated heterocycles. The van der Waals surface area contributed by atoms with E-state index >= 15 is 0 Å². The van der Waals surface area contributed by atoms with Crippen molar-refractivity contribution < 1.29 is 47.7 Å². The molecule has 10 nitrogen and oxygen atoms in total. The molecule has 1 aromatic rings. The monoisotopic (exact) mass is 502 g/mol. The zero-order valence-corrected chi connectivity index (χ0v) is 20.8. The van der Waals surface area contributed by atoms with Crippen LogP contribution < -0.4 is 0 Å². The molecule has 0 radical (unpaired) electrons. The Kier molecular flexibility index (Phi) is 11.3. The van der Waals surface area contributed by atoms with Crippen LogP contribution in [0.25, 0.3) is 0 Å². The van der Waals surface area contributed by atoms with Gasteiger partial charge in [0.25, 0.3) is 0 Å². The standard InChI is InChI=1S/C26H30O10/c1-16(2)21(27)33-12-26(13-34-22(28)17(3)4,14-35-23(29)18(5)6)15-36-25(31)20-11-9-8-10-19(20)24(30)32-7/h8-11H,1,3,5,12-15H2,2,4,6-7H3. The van der Waals surface area contributed by atoms with Crippen molar-refractivity contribution in [1.82, 2.24) is 0 Å². The number of methoxy groups -OCH3 is 1. The second-order valence-corrected chi connectivity index (χ2v) is 8.18. The predicted octanol–water partition coefficient (Wildman–Crippen LogP) is 2.97. The van der Waals surface area contributed by atoms with Gasteiger partial charge >= 0.3 is 29.8 Å². The van der Waals surface area contributed by atoms with Gasteiger partial charge in [-0.15, -0.1) is 0 Å². The van der Waals surface area contributed by atoms with E-state index in [1.807, 2.05) is 0 Å². The van der Waals surface area contributed by atoms with Gasteiger partial charge in [-0.25, -0.2) is 24.0 Å². The molecule has 194 valence electrons. The van der Waals surface area contributed by atoms with Crippen molar-refractivity contribution in [3.8, 4) is 0 Å². The predicted molar refractivity (Wildman–Crippen MR) is 128 cm³/mol. The summed E-state index contributed by atoms with van der Waals surface area (Å²) in [5.41, 5.74) is -1.37. The van der Waals surface area contributed by atoms with E-state index in [1.165, 1.54) is 39.0 Å². The molecule has 10 heteroatoms. The zero-order chi connectivity index (χ0) is 27.5. The molecule has 0 aliphatic carbocycles. The molecule has 0 fully saturated rings. The van der Waals surface area contributed by atoms with Gasteiger partial charge in [0.2, 0.25) is 0 Å². The lowest BCUT2D eigenvalue weighted by molar-refractivity contribution is -0.160. The minimum absolute atomic E-state index is 0.0354.